The van der Waals surface area contributed by atoms with Crippen LogP contribution in [-0.2, 0) is 4.79 Å². The van der Waals surface area contributed by atoms with Crippen LogP contribution in [0.4, 0.5) is 0 Å². The third-order valence-corrected chi connectivity index (χ3v) is 5.57. The predicted octanol–water partition coefficient (Wildman–Crippen LogP) is 5.24. The number of rotatable bonds is 7. The molecule has 0 unspecified atom stereocenters. The van der Waals surface area contributed by atoms with Crippen LogP contribution in [0.3, 0.4) is 0 Å². The monoisotopic (exact) mass is 548 g/mol. The van der Waals surface area contributed by atoms with E-state index in [0.717, 1.165) is 19.7 Å². The van der Waals surface area contributed by atoms with Crippen LogP contribution < -0.4 is 20.3 Å². The molecule has 0 aliphatic carbocycles. The zero-order chi connectivity index (χ0) is 22.4. The van der Waals surface area contributed by atoms with Crippen molar-refractivity contribution in [1.29, 1.82) is 0 Å². The van der Waals surface area contributed by atoms with Crippen molar-refractivity contribution in [3.8, 4) is 11.5 Å². The molecule has 162 valence electrons. The number of amides is 2. The lowest BCUT2D eigenvalue weighted by atomic mass is 10.1. The fraction of sp³-hybridized carbons (Fsp3) is 0.217. The Balaban J connectivity index is 1.50. The summed E-state index contributed by atoms with van der Waals surface area (Å²) >= 11 is 6.97. The van der Waals surface area contributed by atoms with Crippen LogP contribution in [-0.4, -0.2) is 25.0 Å². The molecule has 0 atom stereocenters. The summed E-state index contributed by atoms with van der Waals surface area (Å²) in [6.45, 7) is 4.48. The molecule has 2 N–H and O–H groups in total. The van der Waals surface area contributed by atoms with E-state index in [9.17, 15) is 9.59 Å². The molecule has 3 rings (SSSR count). The first kappa shape index (κ1) is 23.1. The highest BCUT2D eigenvalue weighted by Crippen LogP contribution is 2.34. The van der Waals surface area contributed by atoms with E-state index < -0.39 is 11.8 Å². The first-order valence-electron chi connectivity index (χ1n) is 9.66. The molecule has 0 aliphatic rings. The lowest BCUT2D eigenvalue weighted by molar-refractivity contribution is -0.123. The van der Waals surface area contributed by atoms with E-state index in [4.69, 9.17) is 9.47 Å². The van der Waals surface area contributed by atoms with Crippen molar-refractivity contribution >= 4 is 54.4 Å². The smallest absolute Gasteiger partial charge is 0.276 e. The van der Waals surface area contributed by atoms with E-state index in [2.05, 4.69) is 56.6 Å². The van der Waals surface area contributed by atoms with Crippen molar-refractivity contribution in [3.05, 3.63) is 69.1 Å². The molecule has 3 aromatic carbocycles. The molecule has 0 radical (unpaired) electrons. The lowest BCUT2D eigenvalue weighted by Crippen LogP contribution is -2.43. The van der Waals surface area contributed by atoms with Crippen molar-refractivity contribution in [2.24, 2.45) is 5.92 Å². The Bertz CT molecular complexity index is 1080. The number of nitrogens with one attached hydrogen (secondary N) is 2. The standard InChI is InChI=1S/C23H22Br2N2O4/c1-14(2)12-30-18-7-3-15(4-8-18)23(29)27-26-21(28)13-31-20-10-5-16-11-17(24)6-9-19(16)22(20)25/h3-11,14H,12-13H2,1-2H3,(H,26,28)(H,27,29). The molecule has 0 aliphatic heterocycles. The summed E-state index contributed by atoms with van der Waals surface area (Å²) in [6.07, 6.45) is 0. The van der Waals surface area contributed by atoms with Gasteiger partial charge in [-0.3, -0.25) is 20.4 Å². The Kier molecular flexibility index (Phi) is 7.92. The maximum Gasteiger partial charge on any atom is 0.276 e. The minimum Gasteiger partial charge on any atom is -0.493 e. The predicted molar refractivity (Wildman–Crippen MR) is 127 cm³/mol. The number of ether oxygens (including phenoxy) is 2. The fourth-order valence-electron chi connectivity index (χ4n) is 2.70. The van der Waals surface area contributed by atoms with E-state index in [1.807, 2.05) is 24.3 Å². The SMILES string of the molecule is CC(C)COc1ccc(C(=O)NNC(=O)COc2ccc3cc(Br)ccc3c2Br)cc1. The highest BCUT2D eigenvalue weighted by molar-refractivity contribution is 9.11. The molecule has 8 heteroatoms. The maximum atomic E-state index is 12.2. The van der Waals surface area contributed by atoms with Gasteiger partial charge in [0.25, 0.3) is 11.8 Å². The van der Waals surface area contributed by atoms with Crippen molar-refractivity contribution < 1.29 is 19.1 Å². The first-order valence-corrected chi connectivity index (χ1v) is 11.2. The van der Waals surface area contributed by atoms with Crippen molar-refractivity contribution in [3.63, 3.8) is 0 Å². The van der Waals surface area contributed by atoms with Gasteiger partial charge in [0, 0.05) is 10.0 Å². The minimum atomic E-state index is -0.479. The molecular weight excluding hydrogens is 528 g/mol. The normalized spacial score (nSPS) is 10.7. The molecule has 2 amide bonds. The van der Waals surface area contributed by atoms with E-state index in [0.29, 0.717) is 29.6 Å². The second kappa shape index (κ2) is 10.6. The summed E-state index contributed by atoms with van der Waals surface area (Å²) in [6, 6.07) is 16.3. The van der Waals surface area contributed by atoms with Crippen LogP contribution in [0.25, 0.3) is 10.8 Å². The van der Waals surface area contributed by atoms with Crippen molar-refractivity contribution in [1.82, 2.24) is 10.9 Å². The summed E-state index contributed by atoms with van der Waals surface area (Å²) < 4.78 is 12.9. The Morgan fingerprint density at radius 1 is 0.935 bits per heavy atom. The zero-order valence-electron chi connectivity index (χ0n) is 17.1. The maximum absolute atomic E-state index is 12.2. The third-order valence-electron chi connectivity index (χ3n) is 4.25. The van der Waals surface area contributed by atoms with Crippen LogP contribution in [0.2, 0.25) is 0 Å². The number of fused-ring (bicyclic) bond motifs is 1. The minimum absolute atomic E-state index is 0.247. The van der Waals surface area contributed by atoms with Gasteiger partial charge in [-0.15, -0.1) is 0 Å². The highest BCUT2D eigenvalue weighted by atomic mass is 79.9. The van der Waals surface area contributed by atoms with Crippen LogP contribution in [0.1, 0.15) is 24.2 Å². The number of halogens is 2. The van der Waals surface area contributed by atoms with E-state index in [-0.39, 0.29) is 6.61 Å². The van der Waals surface area contributed by atoms with Gasteiger partial charge in [0.1, 0.15) is 11.5 Å². The molecule has 0 saturated carbocycles. The number of benzene rings is 3. The topological polar surface area (TPSA) is 76.7 Å². The largest absolute Gasteiger partial charge is 0.493 e. The van der Waals surface area contributed by atoms with Crippen LogP contribution >= 0.6 is 31.9 Å². The average Bonchev–Trinajstić information content (AvgIpc) is 2.75. The molecule has 31 heavy (non-hydrogen) atoms. The Hall–Kier alpha value is -2.58. The van der Waals surface area contributed by atoms with Crippen LogP contribution in [0.15, 0.2) is 63.5 Å². The Labute approximate surface area is 197 Å². The number of carbonyl (C=O) groups excluding carboxylic acids is 2. The van der Waals surface area contributed by atoms with Gasteiger partial charge in [-0.25, -0.2) is 0 Å². The van der Waals surface area contributed by atoms with Gasteiger partial charge >= 0.3 is 0 Å². The summed E-state index contributed by atoms with van der Waals surface area (Å²) in [7, 11) is 0. The number of hydrogen-bond donors (Lipinski definition) is 2. The molecule has 0 saturated heterocycles. The second-order valence-electron chi connectivity index (χ2n) is 7.26. The lowest BCUT2D eigenvalue weighted by Gasteiger charge is -2.12. The molecule has 0 aromatic heterocycles. The quantitative estimate of drug-likeness (QED) is 0.395. The molecule has 6 nitrogen and oxygen atoms in total. The first-order chi connectivity index (χ1) is 14.8. The number of carbonyl (C=O) groups is 2. The second-order valence-corrected chi connectivity index (χ2v) is 8.97. The third kappa shape index (κ3) is 6.45. The summed E-state index contributed by atoms with van der Waals surface area (Å²) in [5.74, 6) is 0.733. The van der Waals surface area contributed by atoms with Gasteiger partial charge < -0.3 is 9.47 Å². The number of hydrazine groups is 1. The molecule has 3 aromatic rings. The van der Waals surface area contributed by atoms with E-state index in [1.54, 1.807) is 30.3 Å². The van der Waals surface area contributed by atoms with Crippen LogP contribution in [0.5, 0.6) is 11.5 Å². The van der Waals surface area contributed by atoms with Crippen molar-refractivity contribution in [2.75, 3.05) is 13.2 Å². The van der Waals surface area contributed by atoms with Gasteiger partial charge in [0.2, 0.25) is 0 Å². The van der Waals surface area contributed by atoms with Gasteiger partial charge in [-0.2, -0.15) is 0 Å². The molecular formula is C23H22Br2N2O4. The summed E-state index contributed by atoms with van der Waals surface area (Å²) in [5.41, 5.74) is 5.14. The highest BCUT2D eigenvalue weighted by Gasteiger charge is 2.11. The fourth-order valence-corrected chi connectivity index (χ4v) is 3.68. The molecule has 0 fully saturated rings. The van der Waals surface area contributed by atoms with Gasteiger partial charge in [0.15, 0.2) is 6.61 Å². The molecule has 0 heterocycles. The zero-order valence-corrected chi connectivity index (χ0v) is 20.2. The van der Waals surface area contributed by atoms with Gasteiger partial charge in [-0.05, 0) is 75.1 Å². The van der Waals surface area contributed by atoms with Crippen molar-refractivity contribution in [2.45, 2.75) is 13.8 Å². The average molecular weight is 550 g/mol. The number of hydrogen-bond acceptors (Lipinski definition) is 4. The van der Waals surface area contributed by atoms with E-state index >= 15 is 0 Å². The molecule has 0 spiro atoms. The molecule has 0 bridgehead atoms. The van der Waals surface area contributed by atoms with Gasteiger partial charge in [-0.1, -0.05) is 41.9 Å². The Morgan fingerprint density at radius 3 is 2.39 bits per heavy atom. The van der Waals surface area contributed by atoms with Gasteiger partial charge in [0.05, 0.1) is 11.1 Å². The Morgan fingerprint density at radius 2 is 1.68 bits per heavy atom. The van der Waals surface area contributed by atoms with E-state index in [1.165, 1.54) is 0 Å². The summed E-state index contributed by atoms with van der Waals surface area (Å²) in [5, 5.41) is 2.00. The van der Waals surface area contributed by atoms with Crippen LogP contribution in [0, 0.1) is 5.92 Å². The summed E-state index contributed by atoms with van der Waals surface area (Å²) in [4.78, 5) is 24.3.